The third-order valence-electron chi connectivity index (χ3n) is 1.43. The van der Waals surface area contributed by atoms with Crippen LogP contribution in [-0.2, 0) is 9.59 Å². The summed E-state index contributed by atoms with van der Waals surface area (Å²) in [5.74, 6) is -1.92. The predicted molar refractivity (Wildman–Crippen MR) is 45.4 cm³/mol. The molecule has 6 heteroatoms. The van der Waals surface area contributed by atoms with Gasteiger partial charge in [0.25, 0.3) is 0 Å². The Bertz CT molecular complexity index is 183. The van der Waals surface area contributed by atoms with E-state index in [0.29, 0.717) is 13.0 Å². The molecule has 0 aliphatic carbocycles. The molecule has 0 aromatic rings. The smallest absolute Gasteiger partial charge is 0.321 e. The molecule has 5 N–H and O–H groups in total. The van der Waals surface area contributed by atoms with E-state index in [1.165, 1.54) is 0 Å². The molecule has 0 radical (unpaired) electrons. The van der Waals surface area contributed by atoms with Crippen molar-refractivity contribution >= 4 is 11.9 Å². The molecule has 0 bridgehead atoms. The van der Waals surface area contributed by atoms with Gasteiger partial charge in [0.05, 0.1) is 0 Å². The molecule has 0 aromatic heterocycles. The number of carboxylic acids is 2. The Kier molecular flexibility index (Phi) is 5.82. The summed E-state index contributed by atoms with van der Waals surface area (Å²) in [7, 11) is 0. The molecular weight excluding hydrogens is 176 g/mol. The van der Waals surface area contributed by atoms with E-state index in [1.54, 1.807) is 0 Å². The third-order valence-corrected chi connectivity index (χ3v) is 1.43. The van der Waals surface area contributed by atoms with Crippen molar-refractivity contribution in [3.05, 3.63) is 0 Å². The average molecular weight is 190 g/mol. The number of nitrogens with one attached hydrogen (secondary N) is 1. The zero-order valence-corrected chi connectivity index (χ0v) is 7.19. The SMILES string of the molecule is N[C@@H](CNCCCC(=O)O)C(=O)O. The van der Waals surface area contributed by atoms with E-state index in [-0.39, 0.29) is 13.0 Å². The first kappa shape index (κ1) is 11.9. The lowest BCUT2D eigenvalue weighted by atomic mass is 10.3. The molecule has 13 heavy (non-hydrogen) atoms. The first-order valence-electron chi connectivity index (χ1n) is 3.95. The lowest BCUT2D eigenvalue weighted by molar-refractivity contribution is -0.139. The number of carboxylic acid groups (broad SMARTS) is 2. The lowest BCUT2D eigenvalue weighted by Crippen LogP contribution is -2.40. The topological polar surface area (TPSA) is 113 Å². The van der Waals surface area contributed by atoms with Gasteiger partial charge in [-0.25, -0.2) is 0 Å². The van der Waals surface area contributed by atoms with Crippen LogP contribution >= 0.6 is 0 Å². The van der Waals surface area contributed by atoms with Crippen molar-refractivity contribution < 1.29 is 19.8 Å². The van der Waals surface area contributed by atoms with E-state index in [4.69, 9.17) is 15.9 Å². The minimum atomic E-state index is -1.06. The van der Waals surface area contributed by atoms with Crippen molar-refractivity contribution in [2.24, 2.45) is 5.73 Å². The van der Waals surface area contributed by atoms with Crippen LogP contribution in [0.2, 0.25) is 0 Å². The summed E-state index contributed by atoms with van der Waals surface area (Å²) >= 11 is 0. The molecule has 6 nitrogen and oxygen atoms in total. The Balaban J connectivity index is 3.26. The number of nitrogens with two attached hydrogens (primary N) is 1. The fraction of sp³-hybridized carbons (Fsp3) is 0.714. The maximum Gasteiger partial charge on any atom is 0.321 e. The standard InChI is InChI=1S/C7H14N2O4/c8-5(7(12)13)4-9-3-1-2-6(10)11/h5,9H,1-4,8H2,(H,10,11)(H,12,13)/t5-/m0/s1. The molecule has 0 aromatic carbocycles. The van der Waals surface area contributed by atoms with Crippen molar-refractivity contribution in [3.63, 3.8) is 0 Å². The number of hydrogen-bond acceptors (Lipinski definition) is 4. The largest absolute Gasteiger partial charge is 0.481 e. The van der Waals surface area contributed by atoms with Crippen LogP contribution in [0.15, 0.2) is 0 Å². The van der Waals surface area contributed by atoms with Crippen molar-refractivity contribution in [1.29, 1.82) is 0 Å². The van der Waals surface area contributed by atoms with Crippen LogP contribution in [-0.4, -0.2) is 41.3 Å². The zero-order chi connectivity index (χ0) is 10.3. The Hall–Kier alpha value is -1.14. The summed E-state index contributed by atoms with van der Waals surface area (Å²) in [4.78, 5) is 20.3. The fourth-order valence-electron chi connectivity index (χ4n) is 0.709. The highest BCUT2D eigenvalue weighted by Gasteiger charge is 2.09. The molecule has 0 rings (SSSR count). The van der Waals surface area contributed by atoms with Gasteiger partial charge in [0.1, 0.15) is 6.04 Å². The second-order valence-electron chi connectivity index (χ2n) is 2.65. The number of rotatable bonds is 7. The van der Waals surface area contributed by atoms with Crippen molar-refractivity contribution in [2.45, 2.75) is 18.9 Å². The van der Waals surface area contributed by atoms with Gasteiger partial charge in [0.15, 0.2) is 0 Å². The lowest BCUT2D eigenvalue weighted by Gasteiger charge is -2.06. The van der Waals surface area contributed by atoms with E-state index in [9.17, 15) is 9.59 Å². The molecule has 0 aliphatic rings. The highest BCUT2D eigenvalue weighted by Crippen LogP contribution is 1.86. The van der Waals surface area contributed by atoms with Crippen molar-refractivity contribution in [2.75, 3.05) is 13.1 Å². The van der Waals surface area contributed by atoms with Gasteiger partial charge in [-0.15, -0.1) is 0 Å². The van der Waals surface area contributed by atoms with Gasteiger partial charge in [0, 0.05) is 13.0 Å². The van der Waals surface area contributed by atoms with Crippen LogP contribution < -0.4 is 11.1 Å². The van der Waals surface area contributed by atoms with Gasteiger partial charge in [0.2, 0.25) is 0 Å². The summed E-state index contributed by atoms with van der Waals surface area (Å²) < 4.78 is 0. The van der Waals surface area contributed by atoms with E-state index < -0.39 is 18.0 Å². The second kappa shape index (κ2) is 6.38. The maximum atomic E-state index is 10.2. The van der Waals surface area contributed by atoms with E-state index in [0.717, 1.165) is 0 Å². The van der Waals surface area contributed by atoms with Crippen LogP contribution in [0.3, 0.4) is 0 Å². The normalized spacial score (nSPS) is 12.4. The van der Waals surface area contributed by atoms with Gasteiger partial charge in [-0.05, 0) is 13.0 Å². The number of aliphatic carboxylic acids is 2. The van der Waals surface area contributed by atoms with Crippen molar-refractivity contribution in [1.82, 2.24) is 5.32 Å². The van der Waals surface area contributed by atoms with Crippen molar-refractivity contribution in [3.8, 4) is 0 Å². The maximum absolute atomic E-state index is 10.2. The fourth-order valence-corrected chi connectivity index (χ4v) is 0.709. The number of carbonyl (C=O) groups is 2. The van der Waals surface area contributed by atoms with E-state index in [2.05, 4.69) is 5.32 Å². The molecule has 0 heterocycles. The summed E-state index contributed by atoms with van der Waals surface area (Å²) in [5, 5.41) is 19.4. The first-order valence-corrected chi connectivity index (χ1v) is 3.95. The minimum absolute atomic E-state index is 0.0787. The summed E-state index contributed by atoms with van der Waals surface area (Å²) in [5.41, 5.74) is 5.18. The van der Waals surface area contributed by atoms with Crippen LogP contribution in [0, 0.1) is 0 Å². The molecule has 76 valence electrons. The van der Waals surface area contributed by atoms with Crippen LogP contribution in [0.5, 0.6) is 0 Å². The van der Waals surface area contributed by atoms with Gasteiger partial charge < -0.3 is 21.3 Å². The predicted octanol–water partition coefficient (Wildman–Crippen LogP) is -1.15. The van der Waals surface area contributed by atoms with Gasteiger partial charge in [-0.1, -0.05) is 0 Å². The minimum Gasteiger partial charge on any atom is -0.481 e. The summed E-state index contributed by atoms with van der Waals surface area (Å²) in [6.07, 6.45) is 0.553. The molecule has 0 unspecified atom stereocenters. The highest BCUT2D eigenvalue weighted by atomic mass is 16.4. The first-order chi connectivity index (χ1) is 6.04. The van der Waals surface area contributed by atoms with Crippen LogP contribution in [0.1, 0.15) is 12.8 Å². The van der Waals surface area contributed by atoms with Gasteiger partial charge in [-0.2, -0.15) is 0 Å². The van der Waals surface area contributed by atoms with Gasteiger partial charge >= 0.3 is 11.9 Å². The zero-order valence-electron chi connectivity index (χ0n) is 7.19. The Morgan fingerprint density at radius 3 is 2.46 bits per heavy atom. The van der Waals surface area contributed by atoms with Crippen LogP contribution in [0.4, 0.5) is 0 Å². The Morgan fingerprint density at radius 1 is 1.38 bits per heavy atom. The molecule has 0 saturated carbocycles. The second-order valence-corrected chi connectivity index (χ2v) is 2.65. The van der Waals surface area contributed by atoms with E-state index >= 15 is 0 Å². The number of hydrogen-bond donors (Lipinski definition) is 4. The summed E-state index contributed by atoms with van der Waals surface area (Å²) in [6, 6.07) is -0.926. The molecule has 0 spiro atoms. The molecule has 1 atom stereocenters. The molecule has 0 aliphatic heterocycles. The monoisotopic (exact) mass is 190 g/mol. The van der Waals surface area contributed by atoms with Crippen LogP contribution in [0.25, 0.3) is 0 Å². The third kappa shape index (κ3) is 7.23. The van der Waals surface area contributed by atoms with E-state index in [1.807, 2.05) is 0 Å². The molecule has 0 amide bonds. The highest BCUT2D eigenvalue weighted by molar-refractivity contribution is 5.73. The summed E-state index contributed by atoms with van der Waals surface area (Å²) in [6.45, 7) is 0.627. The molecule has 0 fully saturated rings. The Labute approximate surface area is 75.7 Å². The average Bonchev–Trinajstić information content (AvgIpc) is 2.02. The quantitative estimate of drug-likeness (QED) is 0.377. The molecular formula is C7H14N2O4. The van der Waals surface area contributed by atoms with Gasteiger partial charge in [-0.3, -0.25) is 9.59 Å². The Morgan fingerprint density at radius 2 is 2.00 bits per heavy atom. The molecule has 0 saturated heterocycles.